The number of carbonyl (C=O) groups excluding carboxylic acids is 2. The molecular weight excluding hydrogens is 423 g/mol. The Hall–Kier alpha value is -2.45. The highest BCUT2D eigenvalue weighted by molar-refractivity contribution is 6.31. The van der Waals surface area contributed by atoms with Gasteiger partial charge >= 0.3 is 0 Å². The summed E-state index contributed by atoms with van der Waals surface area (Å²) >= 11 is 5.95. The molecular formula is C22H28ClFN4O3. The second-order valence-electron chi connectivity index (χ2n) is 9.06. The van der Waals surface area contributed by atoms with E-state index in [1.807, 2.05) is 20.8 Å². The van der Waals surface area contributed by atoms with Crippen LogP contribution in [-0.2, 0) is 16.1 Å². The number of benzene rings is 1. The first-order valence-electron chi connectivity index (χ1n) is 10.1. The average molecular weight is 451 g/mol. The van der Waals surface area contributed by atoms with Gasteiger partial charge in [-0.2, -0.15) is 5.10 Å². The Morgan fingerprint density at radius 3 is 2.65 bits per heavy atom. The number of nitrogens with zero attached hydrogens (tertiary/aromatic N) is 3. The van der Waals surface area contributed by atoms with E-state index >= 15 is 0 Å². The van der Waals surface area contributed by atoms with E-state index in [9.17, 15) is 14.0 Å². The molecule has 2 aromatic rings. The van der Waals surface area contributed by atoms with Crippen LogP contribution in [0.3, 0.4) is 0 Å². The fourth-order valence-electron chi connectivity index (χ4n) is 3.83. The third kappa shape index (κ3) is 5.07. The first kappa shape index (κ1) is 23.2. The molecule has 1 aromatic carbocycles. The van der Waals surface area contributed by atoms with Gasteiger partial charge in [0.05, 0.1) is 28.9 Å². The number of ether oxygens (including phenoxy) is 1. The molecule has 1 aliphatic heterocycles. The van der Waals surface area contributed by atoms with E-state index in [-0.39, 0.29) is 34.5 Å². The van der Waals surface area contributed by atoms with Gasteiger partial charge in [-0.25, -0.2) is 4.39 Å². The van der Waals surface area contributed by atoms with Crippen molar-refractivity contribution in [3.63, 3.8) is 0 Å². The van der Waals surface area contributed by atoms with Crippen molar-refractivity contribution in [3.05, 3.63) is 40.3 Å². The molecule has 1 aliphatic rings. The number of fused-ring (bicyclic) bond motifs is 1. The summed E-state index contributed by atoms with van der Waals surface area (Å²) in [5, 5.41) is 4.58. The minimum atomic E-state index is -0.660. The SMILES string of the molecule is COCCC1CN(C(=O)CC(C)(C)C)Cc2c(C(N)=O)c(-c3ccc(F)c(Cl)c3)nn21. The Morgan fingerprint density at radius 2 is 2.06 bits per heavy atom. The van der Waals surface area contributed by atoms with Gasteiger partial charge in [0, 0.05) is 32.2 Å². The molecule has 0 spiro atoms. The fraction of sp³-hybridized carbons (Fsp3) is 0.500. The van der Waals surface area contributed by atoms with Gasteiger partial charge in [-0.05, 0) is 30.0 Å². The number of hydrogen-bond acceptors (Lipinski definition) is 4. The van der Waals surface area contributed by atoms with Gasteiger partial charge in [0.25, 0.3) is 5.91 Å². The minimum Gasteiger partial charge on any atom is -0.385 e. The zero-order chi connectivity index (χ0) is 22.9. The van der Waals surface area contributed by atoms with E-state index in [4.69, 9.17) is 22.1 Å². The highest BCUT2D eigenvalue weighted by atomic mass is 35.5. The number of methoxy groups -OCH3 is 1. The molecule has 168 valence electrons. The Labute approximate surface area is 186 Å². The second-order valence-corrected chi connectivity index (χ2v) is 9.46. The van der Waals surface area contributed by atoms with Crippen LogP contribution in [0.2, 0.25) is 5.02 Å². The normalized spacial score (nSPS) is 16.3. The summed E-state index contributed by atoms with van der Waals surface area (Å²) in [5.41, 5.74) is 7.17. The quantitative estimate of drug-likeness (QED) is 0.724. The Morgan fingerprint density at radius 1 is 1.35 bits per heavy atom. The van der Waals surface area contributed by atoms with Crippen LogP contribution in [0, 0.1) is 11.2 Å². The summed E-state index contributed by atoms with van der Waals surface area (Å²) in [7, 11) is 1.61. The Kier molecular flexibility index (Phi) is 6.71. The summed E-state index contributed by atoms with van der Waals surface area (Å²) in [6.07, 6.45) is 0.983. The van der Waals surface area contributed by atoms with Crippen LogP contribution in [-0.4, -0.2) is 46.8 Å². The summed E-state index contributed by atoms with van der Waals surface area (Å²) < 4.78 is 20.7. The van der Waals surface area contributed by atoms with Crippen molar-refractivity contribution in [3.8, 4) is 11.3 Å². The molecule has 0 fully saturated rings. The fourth-order valence-corrected chi connectivity index (χ4v) is 4.01. The van der Waals surface area contributed by atoms with Crippen LogP contribution in [0.25, 0.3) is 11.3 Å². The topological polar surface area (TPSA) is 90.4 Å². The van der Waals surface area contributed by atoms with Gasteiger partial charge in [0.2, 0.25) is 5.91 Å². The number of hydrogen-bond donors (Lipinski definition) is 1. The van der Waals surface area contributed by atoms with E-state index in [0.29, 0.717) is 42.9 Å². The minimum absolute atomic E-state index is 0.00386. The van der Waals surface area contributed by atoms with Crippen molar-refractivity contribution in [2.24, 2.45) is 11.1 Å². The molecule has 2 amide bonds. The van der Waals surface area contributed by atoms with Crippen LogP contribution in [0.1, 0.15) is 55.7 Å². The molecule has 0 saturated carbocycles. The molecule has 0 saturated heterocycles. The number of nitrogens with two attached hydrogens (primary N) is 1. The van der Waals surface area contributed by atoms with Gasteiger partial charge in [0.1, 0.15) is 11.5 Å². The van der Waals surface area contributed by atoms with Gasteiger partial charge in [-0.3, -0.25) is 14.3 Å². The maximum Gasteiger partial charge on any atom is 0.252 e. The van der Waals surface area contributed by atoms with Crippen molar-refractivity contribution >= 4 is 23.4 Å². The summed E-state index contributed by atoms with van der Waals surface area (Å²) in [6, 6.07) is 3.97. The number of aromatic nitrogens is 2. The van der Waals surface area contributed by atoms with Crippen molar-refractivity contribution in [2.75, 3.05) is 20.3 Å². The van der Waals surface area contributed by atoms with Crippen LogP contribution in [0.15, 0.2) is 18.2 Å². The van der Waals surface area contributed by atoms with Crippen molar-refractivity contribution in [1.82, 2.24) is 14.7 Å². The third-order valence-corrected chi connectivity index (χ3v) is 5.55. The molecule has 1 atom stereocenters. The molecule has 3 rings (SSSR count). The van der Waals surface area contributed by atoms with Crippen LogP contribution < -0.4 is 5.73 Å². The van der Waals surface area contributed by atoms with E-state index in [1.54, 1.807) is 16.7 Å². The second kappa shape index (κ2) is 8.96. The van der Waals surface area contributed by atoms with Crippen molar-refractivity contribution < 1.29 is 18.7 Å². The predicted molar refractivity (Wildman–Crippen MR) is 116 cm³/mol. The van der Waals surface area contributed by atoms with Gasteiger partial charge in [-0.15, -0.1) is 0 Å². The van der Waals surface area contributed by atoms with E-state index in [1.165, 1.54) is 18.2 Å². The number of carbonyl (C=O) groups is 2. The molecule has 2 heterocycles. The van der Waals surface area contributed by atoms with Crippen LogP contribution >= 0.6 is 11.6 Å². The molecule has 31 heavy (non-hydrogen) atoms. The molecule has 0 bridgehead atoms. The lowest BCUT2D eigenvalue weighted by atomic mass is 9.91. The smallest absolute Gasteiger partial charge is 0.252 e. The van der Waals surface area contributed by atoms with Crippen LogP contribution in [0.4, 0.5) is 4.39 Å². The standard InChI is InChI=1S/C22H28ClFN4O3/c1-22(2,3)10-18(29)27-11-14(7-8-31-4)28-17(12-27)19(21(25)30)20(26-28)13-5-6-16(24)15(23)9-13/h5-6,9,14H,7-8,10-12H2,1-4H3,(H2,25,30). The van der Waals surface area contributed by atoms with Gasteiger partial charge in [-0.1, -0.05) is 32.4 Å². The lowest BCUT2D eigenvalue weighted by Crippen LogP contribution is -2.43. The molecule has 2 N–H and O–H groups in total. The maximum atomic E-state index is 13.7. The van der Waals surface area contributed by atoms with E-state index in [0.717, 1.165) is 0 Å². The highest BCUT2D eigenvalue weighted by Crippen LogP contribution is 2.34. The molecule has 9 heteroatoms. The number of amides is 2. The summed E-state index contributed by atoms with van der Waals surface area (Å²) in [6.45, 7) is 7.16. The number of rotatable bonds is 6. The molecule has 7 nitrogen and oxygen atoms in total. The van der Waals surface area contributed by atoms with Gasteiger partial charge in [0.15, 0.2) is 0 Å². The van der Waals surface area contributed by atoms with E-state index < -0.39 is 11.7 Å². The molecule has 1 unspecified atom stereocenters. The Bertz CT molecular complexity index is 999. The Balaban J connectivity index is 2.09. The molecule has 1 aromatic heterocycles. The number of halogens is 2. The predicted octanol–water partition coefficient (Wildman–Crippen LogP) is 3.80. The van der Waals surface area contributed by atoms with Crippen molar-refractivity contribution in [2.45, 2.75) is 46.2 Å². The summed E-state index contributed by atoms with van der Waals surface area (Å²) in [5.74, 6) is -1.22. The monoisotopic (exact) mass is 450 g/mol. The van der Waals surface area contributed by atoms with Gasteiger partial charge < -0.3 is 15.4 Å². The van der Waals surface area contributed by atoms with Crippen molar-refractivity contribution in [1.29, 1.82) is 0 Å². The lowest BCUT2D eigenvalue weighted by molar-refractivity contribution is -0.135. The zero-order valence-corrected chi connectivity index (χ0v) is 19.0. The average Bonchev–Trinajstić information content (AvgIpc) is 3.06. The zero-order valence-electron chi connectivity index (χ0n) is 18.2. The third-order valence-electron chi connectivity index (χ3n) is 5.26. The molecule has 0 aliphatic carbocycles. The first-order valence-corrected chi connectivity index (χ1v) is 10.5. The van der Waals surface area contributed by atoms with Crippen LogP contribution in [0.5, 0.6) is 0 Å². The highest BCUT2D eigenvalue weighted by Gasteiger charge is 2.35. The summed E-state index contributed by atoms with van der Waals surface area (Å²) in [4.78, 5) is 27.2. The maximum absolute atomic E-state index is 13.7. The molecule has 0 radical (unpaired) electrons. The largest absolute Gasteiger partial charge is 0.385 e. The van der Waals surface area contributed by atoms with E-state index in [2.05, 4.69) is 5.10 Å². The lowest BCUT2D eigenvalue weighted by Gasteiger charge is -2.35. The number of primary amides is 1. The first-order chi connectivity index (χ1) is 14.5.